The first-order valence-corrected chi connectivity index (χ1v) is 7.35. The number of aromatic carboxylic acids is 1. The lowest BCUT2D eigenvalue weighted by molar-refractivity contribution is 0.0692. The Hall–Kier alpha value is -0.783. The van der Waals surface area contributed by atoms with Crippen LogP contribution in [0.3, 0.4) is 0 Å². The zero-order chi connectivity index (χ0) is 11.5. The maximum absolute atomic E-state index is 11.0. The van der Waals surface area contributed by atoms with Crippen molar-refractivity contribution in [2.75, 3.05) is 6.61 Å². The maximum atomic E-state index is 11.0. The highest BCUT2D eigenvalue weighted by atomic mass is 32.1. The van der Waals surface area contributed by atoms with Gasteiger partial charge in [0.15, 0.2) is 9.76 Å². The van der Waals surface area contributed by atoms with Crippen molar-refractivity contribution in [1.82, 2.24) is 0 Å². The molecule has 0 radical (unpaired) electrons. The summed E-state index contributed by atoms with van der Waals surface area (Å²) in [5, 5.41) is 9.02. The molecular formula is C11H14O3SSi. The predicted octanol–water partition coefficient (Wildman–Crippen LogP) is 1.68. The first-order valence-electron chi connectivity index (χ1n) is 5.33. The molecule has 1 N–H and O–H groups in total. The quantitative estimate of drug-likeness (QED) is 0.623. The van der Waals surface area contributed by atoms with E-state index in [0.29, 0.717) is 10.8 Å². The van der Waals surface area contributed by atoms with Crippen molar-refractivity contribution < 1.29 is 14.3 Å². The molecule has 1 unspecified atom stereocenters. The van der Waals surface area contributed by atoms with Crippen molar-refractivity contribution in [3.05, 3.63) is 29.3 Å². The summed E-state index contributed by atoms with van der Waals surface area (Å²) in [6, 6.07) is 6.49. The molecule has 86 valence electrons. The third-order valence-corrected chi connectivity index (χ3v) is 4.62. The van der Waals surface area contributed by atoms with Gasteiger partial charge < -0.3 is 9.53 Å². The molecule has 0 aromatic heterocycles. The molecule has 0 bridgehead atoms. The Morgan fingerprint density at radius 3 is 3.00 bits per heavy atom. The van der Waals surface area contributed by atoms with Crippen molar-refractivity contribution in [3.8, 4) is 0 Å². The van der Waals surface area contributed by atoms with Gasteiger partial charge in [-0.1, -0.05) is 12.1 Å². The molecule has 1 aromatic rings. The van der Waals surface area contributed by atoms with E-state index in [1.807, 2.05) is 6.07 Å². The number of carbonyl (C=O) groups is 1. The van der Waals surface area contributed by atoms with Gasteiger partial charge in [-0.3, -0.25) is 0 Å². The highest BCUT2D eigenvalue weighted by Crippen LogP contribution is 2.31. The molecule has 0 aliphatic carbocycles. The van der Waals surface area contributed by atoms with Gasteiger partial charge in [0, 0.05) is 17.4 Å². The number of carboxylic acids is 1. The van der Waals surface area contributed by atoms with Crippen LogP contribution in [0.15, 0.2) is 23.1 Å². The van der Waals surface area contributed by atoms with E-state index in [0.717, 1.165) is 24.6 Å². The third kappa shape index (κ3) is 2.31. The van der Waals surface area contributed by atoms with Gasteiger partial charge in [0.1, 0.15) is 0 Å². The fourth-order valence-corrected chi connectivity index (χ4v) is 3.79. The SMILES string of the molecule is O=C(O)c1cccc(C2CC[SiH2]OC2)c1S. The lowest BCUT2D eigenvalue weighted by Gasteiger charge is -2.24. The summed E-state index contributed by atoms with van der Waals surface area (Å²) in [6.45, 7) is 0.725. The lowest BCUT2D eigenvalue weighted by atomic mass is 9.95. The van der Waals surface area contributed by atoms with Gasteiger partial charge >= 0.3 is 5.97 Å². The molecule has 5 heteroatoms. The summed E-state index contributed by atoms with van der Waals surface area (Å²) in [6.07, 6.45) is 1.10. The van der Waals surface area contributed by atoms with Gasteiger partial charge in [-0.25, -0.2) is 4.79 Å². The van der Waals surface area contributed by atoms with E-state index in [4.69, 9.17) is 9.53 Å². The Bertz CT molecular complexity index is 402. The zero-order valence-corrected chi connectivity index (χ0v) is 11.2. The summed E-state index contributed by atoms with van der Waals surface area (Å²) >= 11 is 4.34. The highest BCUT2D eigenvalue weighted by Gasteiger charge is 2.20. The lowest BCUT2D eigenvalue weighted by Crippen LogP contribution is -2.18. The van der Waals surface area contributed by atoms with Crippen molar-refractivity contribution >= 4 is 28.4 Å². The normalized spacial score (nSPS) is 22.2. The van der Waals surface area contributed by atoms with E-state index in [9.17, 15) is 4.79 Å². The molecular weight excluding hydrogens is 240 g/mol. The van der Waals surface area contributed by atoms with E-state index in [-0.39, 0.29) is 15.3 Å². The van der Waals surface area contributed by atoms with Crippen LogP contribution in [0, 0.1) is 0 Å². The molecule has 1 aliphatic heterocycles. The second-order valence-electron chi connectivity index (χ2n) is 3.96. The van der Waals surface area contributed by atoms with Crippen LogP contribution in [-0.2, 0) is 4.43 Å². The van der Waals surface area contributed by atoms with Crippen molar-refractivity contribution in [2.24, 2.45) is 0 Å². The molecule has 1 aromatic carbocycles. The average molecular weight is 254 g/mol. The number of benzene rings is 1. The smallest absolute Gasteiger partial charge is 0.336 e. The van der Waals surface area contributed by atoms with Gasteiger partial charge in [-0.2, -0.15) is 0 Å². The van der Waals surface area contributed by atoms with E-state index >= 15 is 0 Å². The summed E-state index contributed by atoms with van der Waals surface area (Å²) < 4.78 is 5.55. The van der Waals surface area contributed by atoms with Crippen LogP contribution in [0.4, 0.5) is 0 Å². The molecule has 16 heavy (non-hydrogen) atoms. The minimum Gasteiger partial charge on any atom is -0.478 e. The largest absolute Gasteiger partial charge is 0.478 e. The second-order valence-corrected chi connectivity index (χ2v) is 5.93. The van der Waals surface area contributed by atoms with Crippen LogP contribution >= 0.6 is 12.6 Å². The van der Waals surface area contributed by atoms with Gasteiger partial charge in [0.2, 0.25) is 0 Å². The van der Waals surface area contributed by atoms with E-state index < -0.39 is 5.97 Å². The first-order chi connectivity index (χ1) is 7.70. The van der Waals surface area contributed by atoms with Crippen LogP contribution in [0.2, 0.25) is 6.04 Å². The van der Waals surface area contributed by atoms with E-state index in [2.05, 4.69) is 12.6 Å². The van der Waals surface area contributed by atoms with Crippen LogP contribution in [0.25, 0.3) is 0 Å². The van der Waals surface area contributed by atoms with Crippen molar-refractivity contribution in [3.63, 3.8) is 0 Å². The molecule has 3 nitrogen and oxygen atoms in total. The molecule has 1 heterocycles. The standard InChI is InChI=1S/C11H14O3SSi/c12-11(13)9-3-1-2-8(10(9)15)7-4-5-16-14-6-7/h1-3,7,15H,4-6,16H2,(H,12,13). The molecule has 2 rings (SSSR count). The highest BCUT2D eigenvalue weighted by molar-refractivity contribution is 7.80. The van der Waals surface area contributed by atoms with Gasteiger partial charge in [0.25, 0.3) is 0 Å². The summed E-state index contributed by atoms with van der Waals surface area (Å²) in [4.78, 5) is 11.6. The van der Waals surface area contributed by atoms with Crippen LogP contribution in [0.1, 0.15) is 28.3 Å². The minimum atomic E-state index is -0.919. The van der Waals surface area contributed by atoms with E-state index in [1.165, 1.54) is 0 Å². The van der Waals surface area contributed by atoms with Gasteiger partial charge in [0.05, 0.1) is 5.56 Å². The molecule has 1 fully saturated rings. The predicted molar refractivity (Wildman–Crippen MR) is 67.3 cm³/mol. The maximum Gasteiger partial charge on any atom is 0.336 e. The molecule has 1 atom stereocenters. The number of hydrogen-bond donors (Lipinski definition) is 2. The summed E-state index contributed by atoms with van der Waals surface area (Å²) in [5.74, 6) is -0.606. The average Bonchev–Trinajstić information content (AvgIpc) is 2.30. The molecule has 1 aliphatic rings. The monoisotopic (exact) mass is 254 g/mol. The third-order valence-electron chi connectivity index (χ3n) is 2.90. The van der Waals surface area contributed by atoms with Crippen LogP contribution in [0.5, 0.6) is 0 Å². The molecule has 0 amide bonds. The minimum absolute atomic E-state index is 0.281. The fraction of sp³-hybridized carbons (Fsp3) is 0.364. The number of hydrogen-bond acceptors (Lipinski definition) is 3. The Morgan fingerprint density at radius 2 is 2.38 bits per heavy atom. The summed E-state index contributed by atoms with van der Waals surface area (Å²) in [7, 11) is -0.307. The molecule has 0 saturated carbocycles. The topological polar surface area (TPSA) is 46.5 Å². The Kier molecular flexibility index (Phi) is 3.68. The Morgan fingerprint density at radius 1 is 1.56 bits per heavy atom. The number of rotatable bonds is 2. The molecule has 0 spiro atoms. The van der Waals surface area contributed by atoms with Crippen molar-refractivity contribution in [1.29, 1.82) is 0 Å². The van der Waals surface area contributed by atoms with E-state index in [1.54, 1.807) is 12.1 Å². The zero-order valence-electron chi connectivity index (χ0n) is 8.85. The number of carboxylic acid groups (broad SMARTS) is 1. The van der Waals surface area contributed by atoms with Gasteiger partial charge in [-0.15, -0.1) is 12.6 Å². The van der Waals surface area contributed by atoms with Crippen molar-refractivity contribution in [2.45, 2.75) is 23.3 Å². The Labute approximate surface area is 102 Å². The first kappa shape index (κ1) is 11.7. The fourth-order valence-electron chi connectivity index (χ4n) is 2.05. The van der Waals surface area contributed by atoms with Gasteiger partial charge in [-0.05, 0) is 24.1 Å². The summed E-state index contributed by atoms with van der Waals surface area (Å²) in [5.41, 5.74) is 1.29. The second kappa shape index (κ2) is 5.03. The van der Waals surface area contributed by atoms with Crippen LogP contribution < -0.4 is 0 Å². The number of thiol groups is 1. The molecule has 1 saturated heterocycles. The van der Waals surface area contributed by atoms with Crippen LogP contribution in [-0.4, -0.2) is 27.4 Å². The Balaban J connectivity index is 2.33.